The summed E-state index contributed by atoms with van der Waals surface area (Å²) in [5.74, 6) is -0.343. The summed E-state index contributed by atoms with van der Waals surface area (Å²) in [5, 5.41) is 0. The average molecular weight is 288 g/mol. The third-order valence-corrected chi connectivity index (χ3v) is 3.26. The van der Waals surface area contributed by atoms with Gasteiger partial charge < -0.3 is 4.74 Å². The number of unbranched alkanes of at least 4 members (excludes halogenated alkanes) is 4. The minimum atomic E-state index is -0.343. The van der Waals surface area contributed by atoms with E-state index in [1.54, 1.807) is 30.3 Å². The zero-order chi connectivity index (χ0) is 15.3. The van der Waals surface area contributed by atoms with E-state index in [0.29, 0.717) is 11.8 Å². The fourth-order valence-corrected chi connectivity index (χ4v) is 2.09. The highest BCUT2D eigenvalue weighted by Crippen LogP contribution is 2.13. The van der Waals surface area contributed by atoms with Crippen molar-refractivity contribution in [1.82, 2.24) is 0 Å². The maximum absolute atomic E-state index is 12.0. The molecule has 1 atom stereocenters. The van der Waals surface area contributed by atoms with Crippen LogP contribution in [0.15, 0.2) is 42.5 Å². The van der Waals surface area contributed by atoms with Gasteiger partial charge in [0.15, 0.2) is 0 Å². The van der Waals surface area contributed by atoms with Gasteiger partial charge in [-0.1, -0.05) is 50.8 Å². The standard InChI is InChI=1S/C18H24O3/c1-2-3-4-5-9-13-17(14-10-15-19)21-18(20)16-11-7-6-8-12-16/h6-8,10-12,14-15,17H,2-5,9,13H2,1H3/b14-10+/t17-/m1/s1. The first-order chi connectivity index (χ1) is 10.3. The Morgan fingerprint density at radius 1 is 1.14 bits per heavy atom. The van der Waals surface area contributed by atoms with Gasteiger partial charge in [-0.2, -0.15) is 0 Å². The molecule has 0 aliphatic heterocycles. The van der Waals surface area contributed by atoms with Gasteiger partial charge in [-0.15, -0.1) is 0 Å². The van der Waals surface area contributed by atoms with E-state index in [-0.39, 0.29) is 12.1 Å². The van der Waals surface area contributed by atoms with Crippen molar-refractivity contribution in [2.45, 2.75) is 51.6 Å². The fourth-order valence-electron chi connectivity index (χ4n) is 2.09. The average Bonchev–Trinajstić information content (AvgIpc) is 2.52. The van der Waals surface area contributed by atoms with Gasteiger partial charge in [-0.05, 0) is 37.1 Å². The molecule has 0 spiro atoms. The molecule has 0 fully saturated rings. The number of aldehydes is 1. The topological polar surface area (TPSA) is 43.4 Å². The van der Waals surface area contributed by atoms with E-state index in [1.165, 1.54) is 25.3 Å². The molecule has 21 heavy (non-hydrogen) atoms. The summed E-state index contributed by atoms with van der Waals surface area (Å²) in [7, 11) is 0. The largest absolute Gasteiger partial charge is 0.455 e. The van der Waals surface area contributed by atoms with Gasteiger partial charge in [0.05, 0.1) is 5.56 Å². The van der Waals surface area contributed by atoms with Crippen LogP contribution < -0.4 is 0 Å². The summed E-state index contributed by atoms with van der Waals surface area (Å²) < 4.78 is 5.46. The summed E-state index contributed by atoms with van der Waals surface area (Å²) in [6.45, 7) is 2.18. The second-order valence-corrected chi connectivity index (χ2v) is 5.03. The molecular formula is C18H24O3. The highest BCUT2D eigenvalue weighted by Gasteiger charge is 2.13. The molecular weight excluding hydrogens is 264 g/mol. The molecule has 114 valence electrons. The SMILES string of the molecule is CCCCCCC[C@H](/C=C/C=O)OC(=O)c1ccccc1. The summed E-state index contributed by atoms with van der Waals surface area (Å²) in [5.41, 5.74) is 0.535. The Hall–Kier alpha value is -1.90. The number of carbonyl (C=O) groups is 2. The van der Waals surface area contributed by atoms with Crippen LogP contribution in [0.25, 0.3) is 0 Å². The molecule has 0 saturated heterocycles. The normalized spacial score (nSPS) is 12.2. The Kier molecular flexibility index (Phi) is 8.85. The van der Waals surface area contributed by atoms with Gasteiger partial charge in [0.25, 0.3) is 0 Å². The molecule has 3 heteroatoms. The number of hydrogen-bond acceptors (Lipinski definition) is 3. The summed E-state index contributed by atoms with van der Waals surface area (Å²) in [6, 6.07) is 8.91. The Labute approximate surface area is 127 Å². The number of rotatable bonds is 10. The molecule has 0 aliphatic rings. The maximum atomic E-state index is 12.0. The van der Waals surface area contributed by atoms with Crippen molar-refractivity contribution >= 4 is 12.3 Å². The maximum Gasteiger partial charge on any atom is 0.338 e. The van der Waals surface area contributed by atoms with Crippen molar-refractivity contribution in [2.75, 3.05) is 0 Å². The van der Waals surface area contributed by atoms with Crippen molar-refractivity contribution in [3.63, 3.8) is 0 Å². The molecule has 0 radical (unpaired) electrons. The highest BCUT2D eigenvalue weighted by molar-refractivity contribution is 5.89. The van der Waals surface area contributed by atoms with E-state index in [1.807, 2.05) is 6.07 Å². The molecule has 1 aromatic carbocycles. The third kappa shape index (κ3) is 7.45. The molecule has 0 aliphatic carbocycles. The van der Waals surface area contributed by atoms with Crippen LogP contribution in [0.4, 0.5) is 0 Å². The Morgan fingerprint density at radius 3 is 2.52 bits per heavy atom. The van der Waals surface area contributed by atoms with Gasteiger partial charge in [0.1, 0.15) is 12.4 Å². The van der Waals surface area contributed by atoms with Crippen molar-refractivity contribution in [3.8, 4) is 0 Å². The van der Waals surface area contributed by atoms with Crippen molar-refractivity contribution in [2.24, 2.45) is 0 Å². The van der Waals surface area contributed by atoms with Crippen LogP contribution >= 0.6 is 0 Å². The molecule has 3 nitrogen and oxygen atoms in total. The van der Waals surface area contributed by atoms with Gasteiger partial charge in [-0.25, -0.2) is 4.79 Å². The first-order valence-electron chi connectivity index (χ1n) is 7.66. The lowest BCUT2D eigenvalue weighted by molar-refractivity contribution is -0.104. The van der Waals surface area contributed by atoms with E-state index in [0.717, 1.165) is 19.3 Å². The number of benzene rings is 1. The smallest absolute Gasteiger partial charge is 0.338 e. The second kappa shape index (κ2) is 10.8. The molecule has 0 saturated carbocycles. The van der Waals surface area contributed by atoms with Crippen LogP contribution in [-0.2, 0) is 9.53 Å². The first-order valence-corrected chi connectivity index (χ1v) is 7.66. The van der Waals surface area contributed by atoms with Crippen molar-refractivity contribution in [3.05, 3.63) is 48.0 Å². The van der Waals surface area contributed by atoms with Crippen LogP contribution in [0.2, 0.25) is 0 Å². The Bertz CT molecular complexity index is 437. The molecule has 0 heterocycles. The zero-order valence-electron chi connectivity index (χ0n) is 12.7. The number of carbonyl (C=O) groups excluding carboxylic acids is 2. The monoisotopic (exact) mass is 288 g/mol. The lowest BCUT2D eigenvalue weighted by atomic mass is 10.1. The number of esters is 1. The number of hydrogen-bond donors (Lipinski definition) is 0. The lowest BCUT2D eigenvalue weighted by Crippen LogP contribution is -2.16. The van der Waals surface area contributed by atoms with E-state index in [2.05, 4.69) is 6.92 Å². The van der Waals surface area contributed by atoms with Crippen LogP contribution in [0.5, 0.6) is 0 Å². The van der Waals surface area contributed by atoms with Gasteiger partial charge in [-0.3, -0.25) is 4.79 Å². The zero-order valence-corrected chi connectivity index (χ0v) is 12.7. The second-order valence-electron chi connectivity index (χ2n) is 5.03. The molecule has 0 bridgehead atoms. The molecule has 1 rings (SSSR count). The summed E-state index contributed by atoms with van der Waals surface area (Å²) in [6.07, 6.45) is 9.96. The quantitative estimate of drug-likeness (QED) is 0.278. The van der Waals surface area contributed by atoms with E-state index < -0.39 is 0 Å². The highest BCUT2D eigenvalue weighted by atomic mass is 16.5. The van der Waals surface area contributed by atoms with Crippen LogP contribution in [0.3, 0.4) is 0 Å². The van der Waals surface area contributed by atoms with Crippen molar-refractivity contribution < 1.29 is 14.3 Å². The predicted molar refractivity (Wildman–Crippen MR) is 84.2 cm³/mol. The van der Waals surface area contributed by atoms with Crippen LogP contribution in [-0.4, -0.2) is 18.4 Å². The lowest BCUT2D eigenvalue weighted by Gasteiger charge is -2.14. The summed E-state index contributed by atoms with van der Waals surface area (Å²) >= 11 is 0. The van der Waals surface area contributed by atoms with Gasteiger partial charge >= 0.3 is 5.97 Å². The molecule has 0 N–H and O–H groups in total. The minimum absolute atomic E-state index is 0.329. The molecule has 0 aromatic heterocycles. The van der Waals surface area contributed by atoms with Crippen LogP contribution in [0, 0.1) is 0 Å². The third-order valence-electron chi connectivity index (χ3n) is 3.26. The Balaban J connectivity index is 2.47. The predicted octanol–water partition coefficient (Wildman–Crippen LogP) is 4.33. The van der Waals surface area contributed by atoms with E-state index in [4.69, 9.17) is 4.74 Å². The van der Waals surface area contributed by atoms with Crippen molar-refractivity contribution in [1.29, 1.82) is 0 Å². The molecule has 1 aromatic rings. The number of ether oxygens (including phenoxy) is 1. The Morgan fingerprint density at radius 2 is 1.86 bits per heavy atom. The molecule has 0 amide bonds. The van der Waals surface area contributed by atoms with Gasteiger partial charge in [0.2, 0.25) is 0 Å². The van der Waals surface area contributed by atoms with Gasteiger partial charge in [0, 0.05) is 0 Å². The summed E-state index contributed by atoms with van der Waals surface area (Å²) in [4.78, 5) is 22.5. The first kappa shape index (κ1) is 17.2. The van der Waals surface area contributed by atoms with E-state index >= 15 is 0 Å². The minimum Gasteiger partial charge on any atom is -0.455 e. The molecule has 0 unspecified atom stereocenters. The van der Waals surface area contributed by atoms with Crippen LogP contribution in [0.1, 0.15) is 55.8 Å². The van der Waals surface area contributed by atoms with E-state index in [9.17, 15) is 9.59 Å². The fraction of sp³-hybridized carbons (Fsp3) is 0.444. The number of allylic oxidation sites excluding steroid dienone is 1.